The molecule has 19 heavy (non-hydrogen) atoms. The van der Waals surface area contributed by atoms with Crippen LogP contribution in [0.15, 0.2) is 27.6 Å². The maximum Gasteiger partial charge on any atom is 0.303 e. The Labute approximate surface area is 119 Å². The molecule has 0 spiro atoms. The molecule has 1 aromatic carbocycles. The van der Waals surface area contributed by atoms with Crippen molar-refractivity contribution >= 4 is 31.9 Å². The summed E-state index contributed by atoms with van der Waals surface area (Å²) < 4.78 is 40.1. The minimum Gasteiger partial charge on any atom is -0.481 e. The van der Waals surface area contributed by atoms with Crippen LogP contribution in [0, 0.1) is 5.82 Å². The Kier molecular flexibility index (Phi) is 5.45. The van der Waals surface area contributed by atoms with Gasteiger partial charge >= 0.3 is 5.97 Å². The standard InChI is InChI=1S/C11H13BrFNO4S/c1-7(2-5-11(15)16)14-19(17,18)10-4-3-8(12)6-9(10)13/h3-4,6-7,14H,2,5H2,1H3,(H,15,16). The minimum atomic E-state index is -3.99. The fourth-order valence-corrected chi connectivity index (χ4v) is 3.09. The summed E-state index contributed by atoms with van der Waals surface area (Å²) in [5.74, 6) is -1.88. The van der Waals surface area contributed by atoms with Crippen LogP contribution in [0.1, 0.15) is 19.8 Å². The number of rotatable bonds is 6. The van der Waals surface area contributed by atoms with E-state index < -0.39 is 32.7 Å². The van der Waals surface area contributed by atoms with Gasteiger partial charge in [-0.3, -0.25) is 4.79 Å². The highest BCUT2D eigenvalue weighted by atomic mass is 79.9. The number of carbonyl (C=O) groups is 1. The van der Waals surface area contributed by atoms with Crippen LogP contribution in [0.2, 0.25) is 0 Å². The molecule has 0 aromatic heterocycles. The lowest BCUT2D eigenvalue weighted by Gasteiger charge is -2.13. The van der Waals surface area contributed by atoms with E-state index in [1.54, 1.807) is 0 Å². The molecule has 0 fully saturated rings. The third-order valence-electron chi connectivity index (χ3n) is 2.33. The van der Waals surface area contributed by atoms with Crippen molar-refractivity contribution < 1.29 is 22.7 Å². The Balaban J connectivity index is 2.83. The fraction of sp³-hybridized carbons (Fsp3) is 0.364. The molecule has 2 N–H and O–H groups in total. The normalized spacial score (nSPS) is 13.2. The second-order valence-corrected chi connectivity index (χ2v) is 6.63. The van der Waals surface area contributed by atoms with Crippen LogP contribution in [0.25, 0.3) is 0 Å². The zero-order valence-electron chi connectivity index (χ0n) is 10.1. The lowest BCUT2D eigenvalue weighted by Crippen LogP contribution is -2.33. The molecule has 5 nitrogen and oxygen atoms in total. The van der Waals surface area contributed by atoms with Gasteiger partial charge in [-0.2, -0.15) is 0 Å². The highest BCUT2D eigenvalue weighted by Gasteiger charge is 2.21. The lowest BCUT2D eigenvalue weighted by atomic mass is 10.2. The van der Waals surface area contributed by atoms with Gasteiger partial charge in [0.15, 0.2) is 0 Å². The van der Waals surface area contributed by atoms with Crippen LogP contribution in [-0.4, -0.2) is 25.5 Å². The number of hydrogen-bond donors (Lipinski definition) is 2. The number of carboxylic acid groups (broad SMARTS) is 1. The number of sulfonamides is 1. The van der Waals surface area contributed by atoms with Gasteiger partial charge < -0.3 is 5.11 Å². The largest absolute Gasteiger partial charge is 0.481 e. The second kappa shape index (κ2) is 6.44. The van der Waals surface area contributed by atoms with E-state index in [-0.39, 0.29) is 12.8 Å². The molecule has 1 rings (SSSR count). The van der Waals surface area contributed by atoms with E-state index in [1.165, 1.54) is 13.0 Å². The molecule has 0 saturated heterocycles. The first-order chi connectivity index (χ1) is 8.72. The van der Waals surface area contributed by atoms with E-state index >= 15 is 0 Å². The Morgan fingerprint density at radius 1 is 1.53 bits per heavy atom. The van der Waals surface area contributed by atoms with Gasteiger partial charge in [0.2, 0.25) is 10.0 Å². The molecule has 0 heterocycles. The monoisotopic (exact) mass is 353 g/mol. The third kappa shape index (κ3) is 4.88. The summed E-state index contributed by atoms with van der Waals surface area (Å²) in [7, 11) is -3.99. The van der Waals surface area contributed by atoms with Gasteiger partial charge in [-0.25, -0.2) is 17.5 Å². The van der Waals surface area contributed by atoms with Crippen molar-refractivity contribution in [2.45, 2.75) is 30.7 Å². The SMILES string of the molecule is CC(CCC(=O)O)NS(=O)(=O)c1ccc(Br)cc1F. The van der Waals surface area contributed by atoms with Crippen molar-refractivity contribution in [2.24, 2.45) is 0 Å². The summed E-state index contributed by atoms with van der Waals surface area (Å²) in [6.07, 6.45) is -0.0286. The van der Waals surface area contributed by atoms with Crippen LogP contribution in [0.4, 0.5) is 4.39 Å². The summed E-state index contributed by atoms with van der Waals surface area (Å²) >= 11 is 3.03. The highest BCUT2D eigenvalue weighted by molar-refractivity contribution is 9.10. The Bertz CT molecular complexity index is 576. The van der Waals surface area contributed by atoms with Gasteiger partial charge in [0.05, 0.1) is 0 Å². The molecule has 106 valence electrons. The predicted octanol–water partition coefficient (Wildman–Crippen LogP) is 2.12. The zero-order chi connectivity index (χ0) is 14.6. The van der Waals surface area contributed by atoms with E-state index in [2.05, 4.69) is 20.7 Å². The quantitative estimate of drug-likeness (QED) is 0.820. The Morgan fingerprint density at radius 2 is 2.16 bits per heavy atom. The lowest BCUT2D eigenvalue weighted by molar-refractivity contribution is -0.137. The van der Waals surface area contributed by atoms with Crippen molar-refractivity contribution in [3.63, 3.8) is 0 Å². The van der Waals surface area contributed by atoms with Crippen LogP contribution in [0.3, 0.4) is 0 Å². The van der Waals surface area contributed by atoms with E-state index in [9.17, 15) is 17.6 Å². The molecule has 0 bridgehead atoms. The number of hydrogen-bond acceptors (Lipinski definition) is 3. The molecular weight excluding hydrogens is 341 g/mol. The number of halogens is 2. The van der Waals surface area contributed by atoms with Crippen LogP contribution in [0.5, 0.6) is 0 Å². The smallest absolute Gasteiger partial charge is 0.303 e. The van der Waals surface area contributed by atoms with Gasteiger partial charge in [-0.1, -0.05) is 15.9 Å². The first-order valence-electron chi connectivity index (χ1n) is 5.41. The number of nitrogens with one attached hydrogen (secondary N) is 1. The first-order valence-corrected chi connectivity index (χ1v) is 7.69. The third-order valence-corrected chi connectivity index (χ3v) is 4.45. The first kappa shape index (κ1) is 16.1. The van der Waals surface area contributed by atoms with Gasteiger partial charge in [0.1, 0.15) is 10.7 Å². The van der Waals surface area contributed by atoms with Crippen molar-refractivity contribution in [3.05, 3.63) is 28.5 Å². The Morgan fingerprint density at radius 3 is 2.68 bits per heavy atom. The molecule has 0 aliphatic carbocycles. The van der Waals surface area contributed by atoms with E-state index in [0.717, 1.165) is 12.1 Å². The number of benzene rings is 1. The van der Waals surface area contributed by atoms with Crippen LogP contribution in [-0.2, 0) is 14.8 Å². The summed E-state index contributed by atoms with van der Waals surface area (Å²) in [6.45, 7) is 1.53. The van der Waals surface area contributed by atoms with Crippen molar-refractivity contribution in [3.8, 4) is 0 Å². The van der Waals surface area contributed by atoms with Crippen molar-refractivity contribution in [1.29, 1.82) is 0 Å². The average molecular weight is 354 g/mol. The molecule has 1 atom stereocenters. The van der Waals surface area contributed by atoms with Crippen molar-refractivity contribution in [2.75, 3.05) is 0 Å². The van der Waals surface area contributed by atoms with Gasteiger partial charge in [-0.05, 0) is 31.5 Å². The van der Waals surface area contributed by atoms with Gasteiger partial charge in [0, 0.05) is 16.9 Å². The molecule has 0 amide bonds. The predicted molar refractivity (Wildman–Crippen MR) is 70.8 cm³/mol. The summed E-state index contributed by atoms with van der Waals surface area (Å²) in [6, 6.07) is 3.02. The van der Waals surface area contributed by atoms with Gasteiger partial charge in [-0.15, -0.1) is 0 Å². The van der Waals surface area contributed by atoms with E-state index in [0.29, 0.717) is 4.47 Å². The van der Waals surface area contributed by atoms with Crippen molar-refractivity contribution in [1.82, 2.24) is 4.72 Å². The van der Waals surface area contributed by atoms with Crippen LogP contribution < -0.4 is 4.72 Å². The highest BCUT2D eigenvalue weighted by Crippen LogP contribution is 2.19. The van der Waals surface area contributed by atoms with Gasteiger partial charge in [0.25, 0.3) is 0 Å². The number of aliphatic carboxylic acids is 1. The summed E-state index contributed by atoms with van der Waals surface area (Å²) in [5.41, 5.74) is 0. The molecule has 0 aliphatic heterocycles. The summed E-state index contributed by atoms with van der Waals surface area (Å²) in [5, 5.41) is 8.51. The average Bonchev–Trinajstić information content (AvgIpc) is 2.25. The molecule has 8 heteroatoms. The molecular formula is C11H13BrFNO4S. The summed E-state index contributed by atoms with van der Waals surface area (Å²) in [4.78, 5) is 9.93. The molecule has 0 aliphatic rings. The number of carboxylic acids is 1. The topological polar surface area (TPSA) is 83.5 Å². The molecule has 0 saturated carbocycles. The fourth-order valence-electron chi connectivity index (χ4n) is 1.42. The maximum atomic E-state index is 13.6. The minimum absolute atomic E-state index is 0.132. The molecule has 1 aromatic rings. The van der Waals surface area contributed by atoms with Crippen LogP contribution >= 0.6 is 15.9 Å². The second-order valence-electron chi connectivity index (χ2n) is 4.03. The van der Waals surface area contributed by atoms with E-state index in [1.807, 2.05) is 0 Å². The van der Waals surface area contributed by atoms with E-state index in [4.69, 9.17) is 5.11 Å². The Hall–Kier alpha value is -0.990. The molecule has 1 unspecified atom stereocenters. The zero-order valence-corrected chi connectivity index (χ0v) is 12.5. The molecule has 0 radical (unpaired) electrons. The maximum absolute atomic E-state index is 13.6.